The lowest BCUT2D eigenvalue weighted by molar-refractivity contribution is 0.486. The van der Waals surface area contributed by atoms with Gasteiger partial charge in [-0.1, -0.05) is 52.0 Å². The average Bonchev–Trinajstić information content (AvgIpc) is 2.98. The van der Waals surface area contributed by atoms with Crippen molar-refractivity contribution in [3.8, 4) is 0 Å². The van der Waals surface area contributed by atoms with Gasteiger partial charge in [-0.3, -0.25) is 0 Å². The van der Waals surface area contributed by atoms with Gasteiger partial charge >= 0.3 is 0 Å². The summed E-state index contributed by atoms with van der Waals surface area (Å²) in [7, 11) is 0. The Morgan fingerprint density at radius 2 is 1.81 bits per heavy atom. The van der Waals surface area contributed by atoms with E-state index < -0.39 is 0 Å². The van der Waals surface area contributed by atoms with E-state index in [0.29, 0.717) is 11.3 Å². The molecule has 0 unspecified atom stereocenters. The first-order chi connectivity index (χ1) is 7.53. The SMILES string of the molecule is CC(C)CC1(c2cccc(C(C)C)c2)CC1. The molecule has 1 fully saturated rings. The largest absolute Gasteiger partial charge is 0.0627 e. The van der Waals surface area contributed by atoms with Crippen LogP contribution in [0.15, 0.2) is 24.3 Å². The van der Waals surface area contributed by atoms with Crippen molar-refractivity contribution < 1.29 is 0 Å². The van der Waals surface area contributed by atoms with Crippen molar-refractivity contribution in [1.29, 1.82) is 0 Å². The van der Waals surface area contributed by atoms with E-state index in [1.807, 2.05) is 0 Å². The Labute approximate surface area is 100 Å². The molecule has 2 rings (SSSR count). The van der Waals surface area contributed by atoms with E-state index in [0.717, 1.165) is 5.92 Å². The molecular weight excluding hydrogens is 192 g/mol. The zero-order valence-corrected chi connectivity index (χ0v) is 11.1. The molecule has 1 aliphatic rings. The van der Waals surface area contributed by atoms with Gasteiger partial charge in [0.15, 0.2) is 0 Å². The van der Waals surface area contributed by atoms with Gasteiger partial charge in [-0.25, -0.2) is 0 Å². The third kappa shape index (κ3) is 2.31. The third-order valence-electron chi connectivity index (χ3n) is 3.82. The van der Waals surface area contributed by atoms with Gasteiger partial charge < -0.3 is 0 Å². The van der Waals surface area contributed by atoms with Crippen LogP contribution in [-0.2, 0) is 5.41 Å². The fraction of sp³-hybridized carbons (Fsp3) is 0.625. The van der Waals surface area contributed by atoms with E-state index in [4.69, 9.17) is 0 Å². The third-order valence-corrected chi connectivity index (χ3v) is 3.82. The molecule has 0 saturated heterocycles. The molecule has 16 heavy (non-hydrogen) atoms. The Morgan fingerprint density at radius 1 is 1.12 bits per heavy atom. The second-order valence-corrected chi connectivity index (χ2v) is 6.16. The van der Waals surface area contributed by atoms with E-state index in [9.17, 15) is 0 Å². The molecule has 1 aromatic carbocycles. The highest BCUT2D eigenvalue weighted by molar-refractivity contribution is 5.35. The summed E-state index contributed by atoms with van der Waals surface area (Å²) in [5, 5.41) is 0. The Morgan fingerprint density at radius 3 is 2.31 bits per heavy atom. The Bertz CT molecular complexity index is 356. The van der Waals surface area contributed by atoms with Gasteiger partial charge in [0.25, 0.3) is 0 Å². The van der Waals surface area contributed by atoms with Gasteiger partial charge in [-0.05, 0) is 47.6 Å². The van der Waals surface area contributed by atoms with Gasteiger partial charge in [-0.2, -0.15) is 0 Å². The van der Waals surface area contributed by atoms with Crippen LogP contribution < -0.4 is 0 Å². The van der Waals surface area contributed by atoms with Crippen LogP contribution in [0.4, 0.5) is 0 Å². The monoisotopic (exact) mass is 216 g/mol. The van der Waals surface area contributed by atoms with Crippen molar-refractivity contribution >= 4 is 0 Å². The Kier molecular flexibility index (Phi) is 3.10. The lowest BCUT2D eigenvalue weighted by atomic mass is 9.85. The highest BCUT2D eigenvalue weighted by atomic mass is 14.5. The number of hydrogen-bond acceptors (Lipinski definition) is 0. The first-order valence-electron chi connectivity index (χ1n) is 6.64. The first-order valence-corrected chi connectivity index (χ1v) is 6.64. The van der Waals surface area contributed by atoms with Gasteiger partial charge in [-0.15, -0.1) is 0 Å². The second kappa shape index (κ2) is 4.24. The summed E-state index contributed by atoms with van der Waals surface area (Å²) < 4.78 is 0. The second-order valence-electron chi connectivity index (χ2n) is 6.16. The van der Waals surface area contributed by atoms with E-state index >= 15 is 0 Å². The lowest BCUT2D eigenvalue weighted by Crippen LogP contribution is -2.10. The minimum Gasteiger partial charge on any atom is -0.0627 e. The summed E-state index contributed by atoms with van der Waals surface area (Å²) in [6.45, 7) is 9.24. The molecule has 0 atom stereocenters. The minimum atomic E-state index is 0.541. The smallest absolute Gasteiger partial charge is 0.00438 e. The number of rotatable bonds is 4. The van der Waals surface area contributed by atoms with Gasteiger partial charge in [0.2, 0.25) is 0 Å². The van der Waals surface area contributed by atoms with Gasteiger partial charge in [0.1, 0.15) is 0 Å². The topological polar surface area (TPSA) is 0 Å². The highest BCUT2D eigenvalue weighted by Gasteiger charge is 2.44. The fourth-order valence-electron chi connectivity index (χ4n) is 2.77. The van der Waals surface area contributed by atoms with E-state index in [2.05, 4.69) is 52.0 Å². The van der Waals surface area contributed by atoms with Crippen LogP contribution in [0.2, 0.25) is 0 Å². The molecule has 0 aliphatic heterocycles. The van der Waals surface area contributed by atoms with Crippen LogP contribution >= 0.6 is 0 Å². The quantitative estimate of drug-likeness (QED) is 0.672. The minimum absolute atomic E-state index is 0.541. The van der Waals surface area contributed by atoms with Crippen LogP contribution in [0, 0.1) is 5.92 Å². The summed E-state index contributed by atoms with van der Waals surface area (Å²) in [6.07, 6.45) is 4.15. The van der Waals surface area contributed by atoms with Crippen molar-refractivity contribution in [2.45, 2.75) is 58.3 Å². The molecule has 1 aliphatic carbocycles. The van der Waals surface area contributed by atoms with Crippen molar-refractivity contribution in [3.63, 3.8) is 0 Å². The van der Waals surface area contributed by atoms with Crippen molar-refractivity contribution in [2.75, 3.05) is 0 Å². The fourth-order valence-corrected chi connectivity index (χ4v) is 2.77. The maximum atomic E-state index is 2.44. The van der Waals surface area contributed by atoms with Crippen LogP contribution in [-0.4, -0.2) is 0 Å². The van der Waals surface area contributed by atoms with E-state index in [1.165, 1.54) is 24.8 Å². The molecule has 0 bridgehead atoms. The molecule has 0 radical (unpaired) electrons. The molecule has 0 nitrogen and oxygen atoms in total. The molecule has 1 saturated carbocycles. The summed E-state index contributed by atoms with van der Waals surface area (Å²) in [5.74, 6) is 1.46. The van der Waals surface area contributed by atoms with Gasteiger partial charge in [0.05, 0.1) is 0 Å². The number of benzene rings is 1. The first kappa shape index (κ1) is 11.7. The average molecular weight is 216 g/mol. The van der Waals surface area contributed by atoms with E-state index in [1.54, 1.807) is 5.56 Å². The lowest BCUT2D eigenvalue weighted by Gasteiger charge is -2.19. The highest BCUT2D eigenvalue weighted by Crippen LogP contribution is 2.52. The standard InChI is InChI=1S/C16H24/c1-12(2)11-16(8-9-16)15-7-5-6-14(10-15)13(3)4/h5-7,10,12-13H,8-9,11H2,1-4H3. The molecule has 0 N–H and O–H groups in total. The Balaban J connectivity index is 2.23. The summed E-state index contributed by atoms with van der Waals surface area (Å²) in [4.78, 5) is 0. The maximum absolute atomic E-state index is 2.44. The molecule has 0 heteroatoms. The zero-order valence-electron chi connectivity index (χ0n) is 11.1. The summed E-state index contributed by atoms with van der Waals surface area (Å²) in [5.41, 5.74) is 3.62. The number of hydrogen-bond donors (Lipinski definition) is 0. The molecule has 0 aromatic heterocycles. The molecule has 1 aromatic rings. The summed E-state index contributed by atoms with van der Waals surface area (Å²) >= 11 is 0. The van der Waals surface area contributed by atoms with Crippen LogP contribution in [0.3, 0.4) is 0 Å². The van der Waals surface area contributed by atoms with Crippen molar-refractivity contribution in [3.05, 3.63) is 35.4 Å². The molecule has 0 spiro atoms. The molecular formula is C16H24. The Hall–Kier alpha value is -0.780. The van der Waals surface area contributed by atoms with Crippen LogP contribution in [0.5, 0.6) is 0 Å². The van der Waals surface area contributed by atoms with Crippen molar-refractivity contribution in [2.24, 2.45) is 5.92 Å². The summed E-state index contributed by atoms with van der Waals surface area (Å²) in [6, 6.07) is 9.28. The molecule has 88 valence electrons. The molecule has 0 amide bonds. The zero-order chi connectivity index (χ0) is 11.8. The van der Waals surface area contributed by atoms with Crippen LogP contribution in [0.25, 0.3) is 0 Å². The van der Waals surface area contributed by atoms with E-state index in [-0.39, 0.29) is 0 Å². The predicted octanol–water partition coefficient (Wildman–Crippen LogP) is 4.89. The maximum Gasteiger partial charge on any atom is -0.00438 e. The van der Waals surface area contributed by atoms with Crippen molar-refractivity contribution in [1.82, 2.24) is 0 Å². The normalized spacial score (nSPS) is 18.1. The van der Waals surface area contributed by atoms with Gasteiger partial charge in [0, 0.05) is 0 Å². The predicted molar refractivity (Wildman–Crippen MR) is 70.9 cm³/mol. The van der Waals surface area contributed by atoms with Crippen LogP contribution in [0.1, 0.15) is 64.0 Å². The molecule has 0 heterocycles.